The molecule has 0 heterocycles. The van der Waals surface area contributed by atoms with Gasteiger partial charge in [-0.15, -0.1) is 0 Å². The molecule has 0 aliphatic carbocycles. The fourth-order valence-electron chi connectivity index (χ4n) is 1.87. The van der Waals surface area contributed by atoms with E-state index in [1.165, 1.54) is 0 Å². The Balaban J connectivity index is 2.26. The van der Waals surface area contributed by atoms with Crippen LogP contribution in [0.4, 0.5) is 4.39 Å². The van der Waals surface area contributed by atoms with Crippen LogP contribution in [-0.2, 0) is 0 Å². The van der Waals surface area contributed by atoms with Crippen LogP contribution in [0.5, 0.6) is 11.5 Å². The van der Waals surface area contributed by atoms with Crippen LogP contribution in [0.3, 0.4) is 0 Å². The van der Waals surface area contributed by atoms with E-state index in [9.17, 15) is 4.39 Å². The van der Waals surface area contributed by atoms with Crippen molar-refractivity contribution < 1.29 is 9.13 Å². The van der Waals surface area contributed by atoms with E-state index in [2.05, 4.69) is 0 Å². The van der Waals surface area contributed by atoms with Gasteiger partial charge in [0.05, 0.1) is 0 Å². The first-order chi connectivity index (χ1) is 9.11. The van der Waals surface area contributed by atoms with Gasteiger partial charge in [-0.2, -0.15) is 0 Å². The summed E-state index contributed by atoms with van der Waals surface area (Å²) in [6, 6.07) is 12.6. The van der Waals surface area contributed by atoms with Crippen LogP contribution < -0.4 is 10.5 Å². The molecule has 0 spiro atoms. The molecule has 2 rings (SSSR count). The zero-order valence-electron chi connectivity index (χ0n) is 11.2. The Kier molecular flexibility index (Phi) is 4.17. The summed E-state index contributed by atoms with van der Waals surface area (Å²) in [5, 5.41) is 0. The summed E-state index contributed by atoms with van der Waals surface area (Å²) in [4.78, 5) is 0. The summed E-state index contributed by atoms with van der Waals surface area (Å²) in [6.45, 7) is 3.74. The van der Waals surface area contributed by atoms with Crippen molar-refractivity contribution in [2.45, 2.75) is 26.3 Å². The second kappa shape index (κ2) is 5.85. The predicted molar refractivity (Wildman–Crippen MR) is 74.9 cm³/mol. The molecule has 1 unspecified atom stereocenters. The lowest BCUT2D eigenvalue weighted by Gasteiger charge is -2.12. The van der Waals surface area contributed by atoms with Gasteiger partial charge < -0.3 is 10.5 Å². The number of hydrogen-bond acceptors (Lipinski definition) is 2. The normalized spacial score (nSPS) is 12.2. The van der Waals surface area contributed by atoms with Gasteiger partial charge >= 0.3 is 0 Å². The molecule has 2 aromatic rings. The van der Waals surface area contributed by atoms with Crippen molar-refractivity contribution in [1.82, 2.24) is 0 Å². The molecular weight excluding hydrogens is 241 g/mol. The lowest BCUT2D eigenvalue weighted by molar-refractivity contribution is 0.439. The minimum atomic E-state index is -0.326. The third-order valence-electron chi connectivity index (χ3n) is 3.11. The van der Waals surface area contributed by atoms with Gasteiger partial charge in [0.15, 0.2) is 11.6 Å². The smallest absolute Gasteiger partial charge is 0.168 e. The highest BCUT2D eigenvalue weighted by Crippen LogP contribution is 2.28. The zero-order valence-corrected chi connectivity index (χ0v) is 11.2. The van der Waals surface area contributed by atoms with Gasteiger partial charge in [0.25, 0.3) is 0 Å². The average molecular weight is 259 g/mol. The molecule has 0 bridgehead atoms. The fraction of sp³-hybridized carbons (Fsp3) is 0.250. The first-order valence-electron chi connectivity index (χ1n) is 6.40. The number of hydrogen-bond donors (Lipinski definition) is 1. The minimum absolute atomic E-state index is 0.0223. The van der Waals surface area contributed by atoms with E-state index in [1.807, 2.05) is 25.1 Å². The molecule has 1 atom stereocenters. The van der Waals surface area contributed by atoms with E-state index in [0.29, 0.717) is 11.3 Å². The van der Waals surface area contributed by atoms with Gasteiger partial charge in [-0.1, -0.05) is 31.2 Å². The number of rotatable bonds is 4. The van der Waals surface area contributed by atoms with Crippen molar-refractivity contribution in [1.29, 1.82) is 0 Å². The molecular formula is C16H18FNO. The molecule has 0 aromatic heterocycles. The maximum absolute atomic E-state index is 13.9. The van der Waals surface area contributed by atoms with Gasteiger partial charge in [0.1, 0.15) is 5.75 Å². The van der Waals surface area contributed by atoms with Gasteiger partial charge in [0.2, 0.25) is 0 Å². The lowest BCUT2D eigenvalue weighted by atomic mass is 10.1. The molecule has 0 saturated carbocycles. The highest BCUT2D eigenvalue weighted by atomic mass is 19.1. The molecule has 2 N–H and O–H groups in total. The molecule has 0 aliphatic heterocycles. The van der Waals surface area contributed by atoms with Crippen LogP contribution in [0.2, 0.25) is 0 Å². The quantitative estimate of drug-likeness (QED) is 0.886. The van der Waals surface area contributed by atoms with Gasteiger partial charge in [0, 0.05) is 6.04 Å². The van der Waals surface area contributed by atoms with E-state index in [4.69, 9.17) is 10.5 Å². The molecule has 100 valence electrons. The van der Waals surface area contributed by atoms with Crippen molar-refractivity contribution in [3.8, 4) is 11.5 Å². The SMILES string of the molecule is CCC(N)c1cccc(Oc2cccc(C)c2F)c1. The standard InChI is InChI=1S/C16H18FNO/c1-3-14(18)12-7-5-8-13(10-12)19-15-9-4-6-11(2)16(15)17/h4-10,14H,3,18H2,1-2H3. The molecule has 0 aliphatic rings. The molecule has 2 aromatic carbocycles. The van der Waals surface area contributed by atoms with Crippen molar-refractivity contribution in [2.75, 3.05) is 0 Å². The zero-order chi connectivity index (χ0) is 13.8. The van der Waals surface area contributed by atoms with Gasteiger partial charge in [-0.3, -0.25) is 0 Å². The topological polar surface area (TPSA) is 35.2 Å². The second-order valence-electron chi connectivity index (χ2n) is 4.58. The van der Waals surface area contributed by atoms with Gasteiger partial charge in [-0.25, -0.2) is 4.39 Å². The highest BCUT2D eigenvalue weighted by molar-refractivity contribution is 5.37. The Morgan fingerprint density at radius 3 is 2.68 bits per heavy atom. The third-order valence-corrected chi connectivity index (χ3v) is 3.11. The highest BCUT2D eigenvalue weighted by Gasteiger charge is 2.09. The Bertz CT molecular complexity index is 568. The summed E-state index contributed by atoms with van der Waals surface area (Å²) < 4.78 is 19.5. The largest absolute Gasteiger partial charge is 0.454 e. The van der Waals surface area contributed by atoms with E-state index < -0.39 is 0 Å². The first-order valence-corrected chi connectivity index (χ1v) is 6.40. The number of ether oxygens (including phenoxy) is 1. The summed E-state index contributed by atoms with van der Waals surface area (Å²) >= 11 is 0. The first kappa shape index (κ1) is 13.6. The summed E-state index contributed by atoms with van der Waals surface area (Å²) in [6.07, 6.45) is 0.849. The summed E-state index contributed by atoms with van der Waals surface area (Å²) in [5.74, 6) is 0.515. The van der Waals surface area contributed by atoms with Crippen LogP contribution in [0.25, 0.3) is 0 Å². The Labute approximate surface area is 113 Å². The van der Waals surface area contributed by atoms with E-state index in [0.717, 1.165) is 12.0 Å². The summed E-state index contributed by atoms with van der Waals surface area (Å²) in [5.41, 5.74) is 7.54. The van der Waals surface area contributed by atoms with Gasteiger partial charge in [-0.05, 0) is 42.7 Å². The van der Waals surface area contributed by atoms with Crippen LogP contribution in [0.1, 0.15) is 30.5 Å². The average Bonchev–Trinajstić information content (AvgIpc) is 2.43. The van der Waals surface area contributed by atoms with E-state index in [1.54, 1.807) is 31.2 Å². The molecule has 3 heteroatoms. The van der Waals surface area contributed by atoms with Crippen molar-refractivity contribution in [3.63, 3.8) is 0 Å². The Hall–Kier alpha value is -1.87. The molecule has 0 amide bonds. The molecule has 0 saturated heterocycles. The molecule has 0 fully saturated rings. The minimum Gasteiger partial charge on any atom is -0.454 e. The molecule has 19 heavy (non-hydrogen) atoms. The van der Waals surface area contributed by atoms with E-state index >= 15 is 0 Å². The van der Waals surface area contributed by atoms with Crippen molar-refractivity contribution in [3.05, 3.63) is 59.4 Å². The Morgan fingerprint density at radius 1 is 1.21 bits per heavy atom. The second-order valence-corrected chi connectivity index (χ2v) is 4.58. The third kappa shape index (κ3) is 3.12. The monoisotopic (exact) mass is 259 g/mol. The predicted octanol–water partition coefficient (Wildman–Crippen LogP) is 4.34. The Morgan fingerprint density at radius 2 is 1.95 bits per heavy atom. The van der Waals surface area contributed by atoms with Crippen LogP contribution in [-0.4, -0.2) is 0 Å². The maximum Gasteiger partial charge on any atom is 0.168 e. The fourth-order valence-corrected chi connectivity index (χ4v) is 1.87. The maximum atomic E-state index is 13.9. The van der Waals surface area contributed by atoms with Crippen LogP contribution in [0, 0.1) is 12.7 Å². The molecule has 2 nitrogen and oxygen atoms in total. The van der Waals surface area contributed by atoms with E-state index in [-0.39, 0.29) is 17.6 Å². The number of nitrogens with two attached hydrogens (primary N) is 1. The van der Waals surface area contributed by atoms with Crippen molar-refractivity contribution in [2.24, 2.45) is 5.73 Å². The summed E-state index contributed by atoms with van der Waals surface area (Å²) in [7, 11) is 0. The van der Waals surface area contributed by atoms with Crippen LogP contribution >= 0.6 is 0 Å². The number of halogens is 1. The van der Waals surface area contributed by atoms with Crippen LogP contribution in [0.15, 0.2) is 42.5 Å². The number of aryl methyl sites for hydroxylation is 1. The molecule has 0 radical (unpaired) electrons. The van der Waals surface area contributed by atoms with Crippen molar-refractivity contribution >= 4 is 0 Å². The number of benzene rings is 2. The lowest BCUT2D eigenvalue weighted by Crippen LogP contribution is -2.08.